The summed E-state index contributed by atoms with van der Waals surface area (Å²) in [7, 11) is 0. The van der Waals surface area contributed by atoms with E-state index in [2.05, 4.69) is 50.6 Å². The lowest BCUT2D eigenvalue weighted by Gasteiger charge is -2.11. The first-order chi connectivity index (χ1) is 13.1. The average Bonchev–Trinajstić information content (AvgIpc) is 2.70. The summed E-state index contributed by atoms with van der Waals surface area (Å²) in [5.41, 5.74) is 3.13. The van der Waals surface area contributed by atoms with Gasteiger partial charge in [-0.15, -0.1) is 0 Å². The number of nitrogens with zero attached hydrogens (tertiary/aromatic N) is 2. The highest BCUT2D eigenvalue weighted by Crippen LogP contribution is 2.21. The van der Waals surface area contributed by atoms with Gasteiger partial charge in [0.05, 0.1) is 16.6 Å². The van der Waals surface area contributed by atoms with Crippen molar-refractivity contribution in [3.63, 3.8) is 0 Å². The van der Waals surface area contributed by atoms with Crippen LogP contribution in [-0.2, 0) is 6.42 Å². The third-order valence-corrected chi connectivity index (χ3v) is 4.92. The number of rotatable bonds is 6. The molecule has 2 aromatic carbocycles. The molecule has 2 N–H and O–H groups in total. The quantitative estimate of drug-likeness (QED) is 0.581. The monoisotopic (exact) mass is 422 g/mol. The fourth-order valence-electron chi connectivity index (χ4n) is 2.76. The molecule has 3 rings (SSSR count). The van der Waals surface area contributed by atoms with Gasteiger partial charge in [-0.1, -0.05) is 25.1 Å². The van der Waals surface area contributed by atoms with Crippen molar-refractivity contribution in [2.45, 2.75) is 13.3 Å². The molecule has 6 heteroatoms. The Morgan fingerprint density at radius 2 is 2.00 bits per heavy atom. The van der Waals surface area contributed by atoms with Crippen LogP contribution < -0.4 is 10.6 Å². The largest absolute Gasteiger partial charge is 0.367 e. The second-order valence-corrected chi connectivity index (χ2v) is 6.89. The van der Waals surface area contributed by atoms with E-state index in [4.69, 9.17) is 0 Å². The molecule has 3 aromatic rings. The molecule has 5 nitrogen and oxygen atoms in total. The molecule has 0 unspecified atom stereocenters. The Labute approximate surface area is 166 Å². The smallest absolute Gasteiger partial charge is 0.252 e. The number of hydrogen-bond acceptors (Lipinski definition) is 4. The summed E-state index contributed by atoms with van der Waals surface area (Å²) in [5.74, 6) is 0.382. The van der Waals surface area contributed by atoms with Crippen molar-refractivity contribution < 1.29 is 4.79 Å². The second kappa shape index (κ2) is 8.65. The highest BCUT2D eigenvalue weighted by Gasteiger charge is 2.09. The third-order valence-electron chi connectivity index (χ3n) is 4.23. The van der Waals surface area contributed by atoms with Gasteiger partial charge < -0.3 is 10.6 Å². The molecule has 27 heavy (non-hydrogen) atoms. The molecule has 1 heterocycles. The summed E-state index contributed by atoms with van der Waals surface area (Å²) in [5, 5.41) is 16.4. The van der Waals surface area contributed by atoms with Gasteiger partial charge in [-0.05, 0) is 58.2 Å². The van der Waals surface area contributed by atoms with Crippen LogP contribution in [0.4, 0.5) is 5.82 Å². The predicted octanol–water partition coefficient (Wildman–Crippen LogP) is 4.27. The van der Waals surface area contributed by atoms with Crippen LogP contribution in [0.25, 0.3) is 10.9 Å². The number of amides is 1. The van der Waals surface area contributed by atoms with Gasteiger partial charge in [0.1, 0.15) is 11.9 Å². The molecule has 1 amide bonds. The lowest BCUT2D eigenvalue weighted by molar-refractivity contribution is 0.0954. The van der Waals surface area contributed by atoms with E-state index in [0.29, 0.717) is 30.0 Å². The number of aryl methyl sites for hydroxylation is 1. The van der Waals surface area contributed by atoms with Crippen LogP contribution in [-0.4, -0.2) is 24.0 Å². The summed E-state index contributed by atoms with van der Waals surface area (Å²) in [6.07, 6.45) is 0.940. The number of nitriles is 1. The number of anilines is 1. The fraction of sp³-hybridized carbons (Fsp3) is 0.190. The number of benzene rings is 2. The first kappa shape index (κ1) is 18.9. The predicted molar refractivity (Wildman–Crippen MR) is 111 cm³/mol. The Morgan fingerprint density at radius 3 is 2.74 bits per heavy atom. The highest BCUT2D eigenvalue weighted by molar-refractivity contribution is 9.10. The zero-order valence-corrected chi connectivity index (χ0v) is 16.5. The van der Waals surface area contributed by atoms with Gasteiger partial charge >= 0.3 is 0 Å². The normalized spacial score (nSPS) is 10.4. The topological polar surface area (TPSA) is 77.8 Å². The van der Waals surface area contributed by atoms with Crippen LogP contribution in [0.15, 0.2) is 53.0 Å². The molecule has 0 aliphatic carbocycles. The lowest BCUT2D eigenvalue weighted by Crippen LogP contribution is -2.29. The van der Waals surface area contributed by atoms with E-state index >= 15 is 0 Å². The molecule has 1 aromatic heterocycles. The van der Waals surface area contributed by atoms with E-state index in [9.17, 15) is 10.1 Å². The molecule has 0 bridgehead atoms. The average molecular weight is 423 g/mol. The first-order valence-electron chi connectivity index (χ1n) is 8.72. The Balaban J connectivity index is 1.65. The Hall–Kier alpha value is -2.91. The number of hydrogen-bond donors (Lipinski definition) is 2. The molecule has 0 saturated heterocycles. The van der Waals surface area contributed by atoms with Gasteiger partial charge in [0.15, 0.2) is 0 Å². The zero-order valence-electron chi connectivity index (χ0n) is 14.9. The third kappa shape index (κ3) is 4.44. The Kier molecular flexibility index (Phi) is 6.05. The zero-order chi connectivity index (χ0) is 19.2. The minimum absolute atomic E-state index is 0.150. The number of carbonyl (C=O) groups excluding carboxylic acids is 1. The lowest BCUT2D eigenvalue weighted by atomic mass is 10.1. The van der Waals surface area contributed by atoms with Crippen LogP contribution in [0, 0.1) is 11.3 Å². The van der Waals surface area contributed by atoms with Gasteiger partial charge in [-0.2, -0.15) is 5.26 Å². The first-order valence-corrected chi connectivity index (χ1v) is 9.52. The minimum Gasteiger partial charge on any atom is -0.367 e. The maximum absolute atomic E-state index is 12.2. The van der Waals surface area contributed by atoms with Gasteiger partial charge in [-0.3, -0.25) is 4.79 Å². The van der Waals surface area contributed by atoms with E-state index in [0.717, 1.165) is 21.8 Å². The SMILES string of the molecule is CCc1ccc2nc(NCCNC(=O)c3ccccc3Br)c(C#N)cc2c1. The van der Waals surface area contributed by atoms with Crippen LogP contribution >= 0.6 is 15.9 Å². The molecular formula is C21H19BrN4O. The molecule has 0 atom stereocenters. The Morgan fingerprint density at radius 1 is 1.19 bits per heavy atom. The number of fused-ring (bicyclic) bond motifs is 1. The van der Waals surface area contributed by atoms with E-state index in [-0.39, 0.29) is 5.91 Å². The van der Waals surface area contributed by atoms with Crippen molar-refractivity contribution in [1.29, 1.82) is 5.26 Å². The number of pyridine rings is 1. The Bertz CT molecular complexity index is 1030. The van der Waals surface area contributed by atoms with E-state index in [1.807, 2.05) is 36.4 Å². The number of carbonyl (C=O) groups is 1. The summed E-state index contributed by atoms with van der Waals surface area (Å²) in [6.45, 7) is 2.98. The van der Waals surface area contributed by atoms with Gasteiger partial charge in [0, 0.05) is 22.9 Å². The number of aromatic nitrogens is 1. The van der Waals surface area contributed by atoms with Crippen molar-refractivity contribution in [2.75, 3.05) is 18.4 Å². The van der Waals surface area contributed by atoms with E-state index in [1.54, 1.807) is 6.07 Å². The molecule has 0 spiro atoms. The van der Waals surface area contributed by atoms with Gasteiger partial charge in [-0.25, -0.2) is 4.98 Å². The number of halogens is 1. The second-order valence-electron chi connectivity index (χ2n) is 6.04. The standard InChI is InChI=1S/C21H19BrN4O/c1-2-14-7-8-19-15(11-14)12-16(13-23)20(26-19)24-9-10-25-21(27)17-5-3-4-6-18(17)22/h3-8,11-12H,2,9-10H2,1H3,(H,24,26)(H,25,27). The molecule has 0 saturated carbocycles. The molecule has 0 fully saturated rings. The van der Waals surface area contributed by atoms with Crippen LogP contribution in [0.2, 0.25) is 0 Å². The maximum Gasteiger partial charge on any atom is 0.252 e. The van der Waals surface area contributed by atoms with Crippen LogP contribution in [0.3, 0.4) is 0 Å². The summed E-state index contributed by atoms with van der Waals surface area (Å²) in [4.78, 5) is 16.8. The maximum atomic E-state index is 12.2. The van der Waals surface area contributed by atoms with Crippen molar-refractivity contribution in [2.24, 2.45) is 0 Å². The summed E-state index contributed by atoms with van der Waals surface area (Å²) in [6, 6.07) is 17.4. The van der Waals surface area contributed by atoms with Crippen molar-refractivity contribution in [1.82, 2.24) is 10.3 Å². The molecule has 0 radical (unpaired) electrons. The van der Waals surface area contributed by atoms with Crippen molar-refractivity contribution in [3.05, 3.63) is 69.7 Å². The van der Waals surface area contributed by atoms with Crippen molar-refractivity contribution in [3.8, 4) is 6.07 Å². The summed E-state index contributed by atoms with van der Waals surface area (Å²) < 4.78 is 0.755. The van der Waals surface area contributed by atoms with Gasteiger partial charge in [0.2, 0.25) is 0 Å². The highest BCUT2D eigenvalue weighted by atomic mass is 79.9. The summed E-state index contributed by atoms with van der Waals surface area (Å²) >= 11 is 3.37. The van der Waals surface area contributed by atoms with Crippen LogP contribution in [0.5, 0.6) is 0 Å². The molecule has 136 valence electrons. The van der Waals surface area contributed by atoms with E-state index < -0.39 is 0 Å². The van der Waals surface area contributed by atoms with Crippen LogP contribution in [0.1, 0.15) is 28.4 Å². The molecular weight excluding hydrogens is 404 g/mol. The van der Waals surface area contributed by atoms with Gasteiger partial charge in [0.25, 0.3) is 5.91 Å². The van der Waals surface area contributed by atoms with Crippen molar-refractivity contribution >= 4 is 38.6 Å². The van der Waals surface area contributed by atoms with E-state index in [1.165, 1.54) is 5.56 Å². The molecule has 0 aliphatic heterocycles. The fourth-order valence-corrected chi connectivity index (χ4v) is 3.23. The number of nitrogens with one attached hydrogen (secondary N) is 2. The molecule has 0 aliphatic rings. The minimum atomic E-state index is -0.150.